The number of hydrogen-bond donors (Lipinski definition) is 1. The van der Waals surface area contributed by atoms with E-state index < -0.39 is 11.2 Å². The van der Waals surface area contributed by atoms with E-state index in [9.17, 15) is 14.0 Å². The van der Waals surface area contributed by atoms with Crippen LogP contribution in [0.5, 0.6) is 0 Å². The maximum absolute atomic E-state index is 14.3. The SMILES string of the molecule is CC(C)OCCCNc1nc2c(c(=O)n(C)c(=O)n2C)n1Cc1ccccc1F. The molecule has 29 heavy (non-hydrogen) atoms. The average Bonchev–Trinajstić information content (AvgIpc) is 3.04. The molecule has 0 spiro atoms. The molecule has 1 N–H and O–H groups in total. The highest BCUT2D eigenvalue weighted by Crippen LogP contribution is 2.19. The predicted octanol–water partition coefficient (Wildman–Crippen LogP) is 1.85. The van der Waals surface area contributed by atoms with Crippen molar-refractivity contribution in [2.45, 2.75) is 32.9 Å². The maximum Gasteiger partial charge on any atom is 0.332 e. The quantitative estimate of drug-likeness (QED) is 0.581. The van der Waals surface area contributed by atoms with Crippen molar-refractivity contribution in [1.82, 2.24) is 18.7 Å². The molecule has 0 atom stereocenters. The largest absolute Gasteiger partial charge is 0.379 e. The van der Waals surface area contributed by atoms with Crippen LogP contribution >= 0.6 is 0 Å². The molecule has 156 valence electrons. The van der Waals surface area contributed by atoms with Crippen molar-refractivity contribution >= 4 is 17.1 Å². The molecule has 0 saturated heterocycles. The molecule has 3 aromatic rings. The van der Waals surface area contributed by atoms with Crippen LogP contribution in [0, 0.1) is 5.82 Å². The zero-order chi connectivity index (χ0) is 21.1. The Balaban J connectivity index is 2.03. The molecule has 0 fully saturated rings. The number of fused-ring (bicyclic) bond motifs is 1. The number of anilines is 1. The van der Waals surface area contributed by atoms with Crippen LogP contribution in [0.1, 0.15) is 25.8 Å². The van der Waals surface area contributed by atoms with Gasteiger partial charge in [0.1, 0.15) is 5.82 Å². The van der Waals surface area contributed by atoms with Gasteiger partial charge in [-0.3, -0.25) is 18.5 Å². The highest BCUT2D eigenvalue weighted by molar-refractivity contribution is 5.74. The third-order valence-corrected chi connectivity index (χ3v) is 4.69. The highest BCUT2D eigenvalue weighted by atomic mass is 19.1. The van der Waals surface area contributed by atoms with Gasteiger partial charge >= 0.3 is 5.69 Å². The highest BCUT2D eigenvalue weighted by Gasteiger charge is 2.20. The van der Waals surface area contributed by atoms with Gasteiger partial charge in [0.25, 0.3) is 5.56 Å². The number of benzene rings is 1. The van der Waals surface area contributed by atoms with Crippen molar-refractivity contribution in [3.8, 4) is 0 Å². The van der Waals surface area contributed by atoms with Gasteiger partial charge in [-0.15, -0.1) is 0 Å². The number of aryl methyl sites for hydroxylation is 1. The van der Waals surface area contributed by atoms with Gasteiger partial charge in [0.2, 0.25) is 5.95 Å². The Morgan fingerprint density at radius 2 is 1.90 bits per heavy atom. The van der Waals surface area contributed by atoms with Gasteiger partial charge in [0.15, 0.2) is 11.2 Å². The van der Waals surface area contributed by atoms with Crippen LogP contribution < -0.4 is 16.6 Å². The molecular weight excluding hydrogens is 377 g/mol. The number of nitrogens with one attached hydrogen (secondary N) is 1. The van der Waals surface area contributed by atoms with E-state index in [0.717, 1.165) is 11.0 Å². The Labute approximate surface area is 167 Å². The standard InChI is InChI=1S/C20H26FN5O3/c1-13(2)29-11-7-10-22-19-23-17-16(18(27)25(4)20(28)24(17)3)26(19)12-14-8-5-6-9-15(14)21/h5-6,8-9,13H,7,10-12H2,1-4H3,(H,22,23). The fourth-order valence-electron chi connectivity index (χ4n) is 3.12. The summed E-state index contributed by atoms with van der Waals surface area (Å²) in [5, 5.41) is 3.20. The fraction of sp³-hybridized carbons (Fsp3) is 0.450. The minimum Gasteiger partial charge on any atom is -0.379 e. The second-order valence-corrected chi connectivity index (χ2v) is 7.19. The van der Waals surface area contributed by atoms with Gasteiger partial charge in [-0.05, 0) is 26.3 Å². The number of aromatic nitrogens is 4. The minimum atomic E-state index is -0.469. The Bertz CT molecular complexity index is 1130. The molecule has 2 aromatic heterocycles. The lowest BCUT2D eigenvalue weighted by atomic mass is 10.2. The first-order valence-corrected chi connectivity index (χ1v) is 9.56. The monoisotopic (exact) mass is 403 g/mol. The minimum absolute atomic E-state index is 0.113. The molecule has 2 heterocycles. The van der Waals surface area contributed by atoms with Gasteiger partial charge in [0, 0.05) is 32.8 Å². The smallest absolute Gasteiger partial charge is 0.332 e. The van der Waals surface area contributed by atoms with Gasteiger partial charge in [0.05, 0.1) is 12.6 Å². The van der Waals surface area contributed by atoms with Gasteiger partial charge in [-0.25, -0.2) is 9.18 Å². The van der Waals surface area contributed by atoms with Crippen LogP contribution in [0.4, 0.5) is 10.3 Å². The van der Waals surface area contributed by atoms with Crippen molar-refractivity contribution in [2.24, 2.45) is 14.1 Å². The Morgan fingerprint density at radius 3 is 2.59 bits per heavy atom. The Kier molecular flexibility index (Phi) is 6.17. The van der Waals surface area contributed by atoms with E-state index in [0.29, 0.717) is 24.7 Å². The summed E-state index contributed by atoms with van der Waals surface area (Å²) >= 11 is 0. The molecule has 0 saturated carbocycles. The lowest BCUT2D eigenvalue weighted by Gasteiger charge is -2.12. The van der Waals surface area contributed by atoms with E-state index in [1.807, 2.05) is 13.8 Å². The zero-order valence-electron chi connectivity index (χ0n) is 17.1. The average molecular weight is 403 g/mol. The van der Waals surface area contributed by atoms with Gasteiger partial charge in [-0.1, -0.05) is 18.2 Å². The molecule has 0 bridgehead atoms. The number of ether oxygens (including phenoxy) is 1. The summed E-state index contributed by atoms with van der Waals surface area (Å²) < 4.78 is 23.8. The van der Waals surface area contributed by atoms with Crippen LogP contribution in [0.2, 0.25) is 0 Å². The van der Waals surface area contributed by atoms with E-state index in [1.165, 1.54) is 17.7 Å². The zero-order valence-corrected chi connectivity index (χ0v) is 17.1. The number of imidazole rings is 1. The van der Waals surface area contributed by atoms with Crippen molar-refractivity contribution in [3.05, 3.63) is 56.5 Å². The van der Waals surface area contributed by atoms with Gasteiger partial charge in [-0.2, -0.15) is 4.98 Å². The maximum atomic E-state index is 14.3. The van der Waals surface area contributed by atoms with E-state index >= 15 is 0 Å². The van der Waals surface area contributed by atoms with E-state index in [-0.39, 0.29) is 29.6 Å². The van der Waals surface area contributed by atoms with E-state index in [1.54, 1.807) is 29.8 Å². The first-order chi connectivity index (χ1) is 13.8. The molecule has 0 radical (unpaired) electrons. The second-order valence-electron chi connectivity index (χ2n) is 7.19. The van der Waals surface area contributed by atoms with Crippen molar-refractivity contribution in [1.29, 1.82) is 0 Å². The molecule has 8 nitrogen and oxygen atoms in total. The first-order valence-electron chi connectivity index (χ1n) is 9.56. The summed E-state index contributed by atoms with van der Waals surface area (Å²) in [7, 11) is 2.98. The topological polar surface area (TPSA) is 83.1 Å². The number of rotatable bonds is 8. The Morgan fingerprint density at radius 1 is 1.17 bits per heavy atom. The lowest BCUT2D eigenvalue weighted by Crippen LogP contribution is -2.37. The summed E-state index contributed by atoms with van der Waals surface area (Å²) in [6.07, 6.45) is 0.885. The van der Waals surface area contributed by atoms with Crippen LogP contribution in [0.25, 0.3) is 11.2 Å². The second kappa shape index (κ2) is 8.60. The molecule has 0 aliphatic heterocycles. The summed E-state index contributed by atoms with van der Waals surface area (Å²) in [6, 6.07) is 6.38. The van der Waals surface area contributed by atoms with Crippen molar-refractivity contribution in [2.75, 3.05) is 18.5 Å². The third-order valence-electron chi connectivity index (χ3n) is 4.69. The molecule has 0 aliphatic rings. The van der Waals surface area contributed by atoms with Crippen LogP contribution in [-0.2, 0) is 25.4 Å². The molecule has 9 heteroatoms. The molecule has 3 rings (SSSR count). The van der Waals surface area contributed by atoms with Crippen LogP contribution in [0.15, 0.2) is 33.9 Å². The summed E-state index contributed by atoms with van der Waals surface area (Å²) in [5.74, 6) is 0.0402. The van der Waals surface area contributed by atoms with E-state index in [2.05, 4.69) is 10.3 Å². The van der Waals surface area contributed by atoms with Crippen LogP contribution in [0.3, 0.4) is 0 Å². The predicted molar refractivity (Wildman–Crippen MR) is 110 cm³/mol. The molecule has 1 aromatic carbocycles. The number of hydrogen-bond acceptors (Lipinski definition) is 5. The molecular formula is C20H26FN5O3. The van der Waals surface area contributed by atoms with Crippen molar-refractivity contribution in [3.63, 3.8) is 0 Å². The Hall–Kier alpha value is -2.94. The summed E-state index contributed by atoms with van der Waals surface area (Å²) in [6.45, 7) is 5.19. The summed E-state index contributed by atoms with van der Waals surface area (Å²) in [4.78, 5) is 29.6. The molecule has 0 amide bonds. The van der Waals surface area contributed by atoms with Crippen LogP contribution in [-0.4, -0.2) is 37.9 Å². The van der Waals surface area contributed by atoms with E-state index in [4.69, 9.17) is 4.74 Å². The fourth-order valence-corrected chi connectivity index (χ4v) is 3.12. The molecule has 0 aliphatic carbocycles. The normalized spacial score (nSPS) is 11.5. The lowest BCUT2D eigenvalue weighted by molar-refractivity contribution is 0.0787. The molecule has 0 unspecified atom stereocenters. The number of nitrogens with zero attached hydrogens (tertiary/aromatic N) is 4. The van der Waals surface area contributed by atoms with Crippen molar-refractivity contribution < 1.29 is 9.13 Å². The third kappa shape index (κ3) is 4.24. The first kappa shape index (κ1) is 20.8. The summed E-state index contributed by atoms with van der Waals surface area (Å²) in [5.41, 5.74) is 0.00102. The number of halogens is 1. The van der Waals surface area contributed by atoms with Gasteiger partial charge < -0.3 is 10.1 Å².